The van der Waals surface area contributed by atoms with Gasteiger partial charge in [0.05, 0.1) is 0 Å². The van der Waals surface area contributed by atoms with Gasteiger partial charge >= 0.3 is 0 Å². The maximum atomic E-state index is 11.9. The van der Waals surface area contributed by atoms with Crippen molar-refractivity contribution in [2.45, 2.75) is 33.1 Å². The Hall–Kier alpha value is -2.35. The molecule has 1 N–H and O–H groups in total. The molecule has 2 nitrogen and oxygen atoms in total. The number of fused-ring (bicyclic) bond motifs is 3. The SMILES string of the molecule is CC1(C)CC(=O)C=C(Nc2ccc3c(c2)Cc2ccccc2-3)C1. The third-order valence-corrected chi connectivity index (χ3v) is 4.76. The Bertz CT molecular complexity index is 829. The van der Waals surface area contributed by atoms with Crippen LogP contribution in [0, 0.1) is 5.41 Å². The van der Waals surface area contributed by atoms with E-state index < -0.39 is 0 Å². The van der Waals surface area contributed by atoms with Gasteiger partial charge in [0.25, 0.3) is 0 Å². The van der Waals surface area contributed by atoms with E-state index in [1.165, 1.54) is 22.3 Å². The Labute approximate surface area is 137 Å². The molecular weight excluding hydrogens is 282 g/mol. The van der Waals surface area contributed by atoms with Crippen LogP contribution in [0.25, 0.3) is 11.1 Å². The number of ketones is 1. The highest BCUT2D eigenvalue weighted by molar-refractivity contribution is 5.92. The van der Waals surface area contributed by atoms with Crippen LogP contribution in [-0.2, 0) is 11.2 Å². The molecule has 116 valence electrons. The average Bonchev–Trinajstić information content (AvgIpc) is 2.82. The first-order valence-corrected chi connectivity index (χ1v) is 8.22. The topological polar surface area (TPSA) is 29.1 Å². The summed E-state index contributed by atoms with van der Waals surface area (Å²) < 4.78 is 0. The molecule has 0 aliphatic heterocycles. The molecule has 23 heavy (non-hydrogen) atoms. The lowest BCUT2D eigenvalue weighted by molar-refractivity contribution is -0.117. The summed E-state index contributed by atoms with van der Waals surface area (Å²) in [5.74, 6) is 0.220. The van der Waals surface area contributed by atoms with Crippen LogP contribution in [0.3, 0.4) is 0 Å². The Morgan fingerprint density at radius 3 is 2.57 bits per heavy atom. The van der Waals surface area contributed by atoms with Gasteiger partial charge in [-0.1, -0.05) is 44.2 Å². The van der Waals surface area contributed by atoms with Crippen molar-refractivity contribution in [3.63, 3.8) is 0 Å². The summed E-state index contributed by atoms with van der Waals surface area (Å²) in [4.78, 5) is 11.9. The lowest BCUT2D eigenvalue weighted by atomic mass is 9.79. The molecule has 0 atom stereocenters. The van der Waals surface area contributed by atoms with E-state index in [1.54, 1.807) is 6.08 Å². The molecule has 4 rings (SSSR count). The van der Waals surface area contributed by atoms with Gasteiger partial charge in [0.1, 0.15) is 0 Å². The van der Waals surface area contributed by atoms with Crippen LogP contribution < -0.4 is 5.32 Å². The fourth-order valence-electron chi connectivity index (χ4n) is 3.83. The molecule has 0 unspecified atom stereocenters. The predicted molar refractivity (Wildman–Crippen MR) is 94.4 cm³/mol. The highest BCUT2D eigenvalue weighted by Crippen LogP contribution is 2.39. The lowest BCUT2D eigenvalue weighted by Crippen LogP contribution is -2.24. The summed E-state index contributed by atoms with van der Waals surface area (Å²) in [5.41, 5.74) is 7.59. The molecule has 0 saturated carbocycles. The number of carbonyl (C=O) groups excluding carboxylic acids is 1. The summed E-state index contributed by atoms with van der Waals surface area (Å²) in [7, 11) is 0. The molecule has 0 bridgehead atoms. The number of carbonyl (C=O) groups is 1. The Morgan fingerprint density at radius 1 is 0.957 bits per heavy atom. The number of anilines is 1. The molecule has 0 amide bonds. The zero-order valence-corrected chi connectivity index (χ0v) is 13.6. The molecule has 0 aromatic heterocycles. The minimum Gasteiger partial charge on any atom is -0.359 e. The number of benzene rings is 2. The summed E-state index contributed by atoms with van der Waals surface area (Å²) in [6, 6.07) is 15.1. The van der Waals surface area contributed by atoms with Crippen LogP contribution in [0.4, 0.5) is 5.69 Å². The van der Waals surface area contributed by atoms with E-state index in [0.717, 1.165) is 24.2 Å². The van der Waals surface area contributed by atoms with Crippen molar-refractivity contribution in [3.8, 4) is 11.1 Å². The van der Waals surface area contributed by atoms with Crippen molar-refractivity contribution in [2.24, 2.45) is 5.41 Å². The van der Waals surface area contributed by atoms with E-state index in [2.05, 4.69) is 61.6 Å². The standard InChI is InChI=1S/C21H21NO/c1-21(2)12-17(11-18(23)13-21)22-16-7-8-20-15(10-16)9-14-5-3-4-6-19(14)20/h3-8,10-11,22H,9,12-13H2,1-2H3. The summed E-state index contributed by atoms with van der Waals surface area (Å²) in [5, 5.41) is 3.46. The Morgan fingerprint density at radius 2 is 1.74 bits per heavy atom. The fraction of sp³-hybridized carbons (Fsp3) is 0.286. The van der Waals surface area contributed by atoms with Gasteiger partial charge in [-0.3, -0.25) is 4.79 Å². The number of rotatable bonds is 2. The molecule has 0 radical (unpaired) electrons. The van der Waals surface area contributed by atoms with Gasteiger partial charge in [-0.15, -0.1) is 0 Å². The van der Waals surface area contributed by atoms with Crippen molar-refractivity contribution in [2.75, 3.05) is 5.32 Å². The third kappa shape index (κ3) is 2.70. The number of nitrogens with one attached hydrogen (secondary N) is 1. The van der Waals surface area contributed by atoms with E-state index in [4.69, 9.17) is 0 Å². The smallest absolute Gasteiger partial charge is 0.157 e. The molecule has 0 saturated heterocycles. The van der Waals surface area contributed by atoms with Crippen molar-refractivity contribution < 1.29 is 4.79 Å². The maximum Gasteiger partial charge on any atom is 0.157 e. The largest absolute Gasteiger partial charge is 0.359 e. The molecule has 2 aliphatic carbocycles. The van der Waals surface area contributed by atoms with E-state index in [1.807, 2.05) is 0 Å². The number of hydrogen-bond acceptors (Lipinski definition) is 2. The quantitative estimate of drug-likeness (QED) is 0.726. The van der Waals surface area contributed by atoms with Crippen molar-refractivity contribution in [1.29, 1.82) is 0 Å². The van der Waals surface area contributed by atoms with Crippen LogP contribution in [-0.4, -0.2) is 5.78 Å². The molecule has 2 aromatic rings. The van der Waals surface area contributed by atoms with Crippen LogP contribution in [0.1, 0.15) is 37.8 Å². The molecule has 2 aliphatic rings. The zero-order chi connectivity index (χ0) is 16.0. The first-order valence-electron chi connectivity index (χ1n) is 8.22. The second-order valence-corrected chi connectivity index (χ2v) is 7.48. The second kappa shape index (κ2) is 5.09. The molecular formula is C21H21NO. The first-order chi connectivity index (χ1) is 11.0. The van der Waals surface area contributed by atoms with Crippen LogP contribution in [0.15, 0.2) is 54.2 Å². The monoisotopic (exact) mass is 303 g/mol. The zero-order valence-electron chi connectivity index (χ0n) is 13.6. The molecule has 0 spiro atoms. The van der Waals surface area contributed by atoms with Crippen molar-refractivity contribution in [3.05, 3.63) is 65.4 Å². The van der Waals surface area contributed by atoms with Crippen LogP contribution in [0.5, 0.6) is 0 Å². The van der Waals surface area contributed by atoms with Gasteiger partial charge in [0.2, 0.25) is 0 Å². The van der Waals surface area contributed by atoms with Gasteiger partial charge < -0.3 is 5.32 Å². The van der Waals surface area contributed by atoms with E-state index in [-0.39, 0.29) is 11.2 Å². The van der Waals surface area contributed by atoms with Crippen LogP contribution in [0.2, 0.25) is 0 Å². The van der Waals surface area contributed by atoms with Crippen molar-refractivity contribution >= 4 is 11.5 Å². The Kier molecular flexibility index (Phi) is 3.15. The van der Waals surface area contributed by atoms with Gasteiger partial charge in [-0.2, -0.15) is 0 Å². The van der Waals surface area contributed by atoms with Gasteiger partial charge in [0.15, 0.2) is 5.78 Å². The van der Waals surface area contributed by atoms with Gasteiger partial charge in [0, 0.05) is 23.9 Å². The third-order valence-electron chi connectivity index (χ3n) is 4.76. The highest BCUT2D eigenvalue weighted by Gasteiger charge is 2.27. The first kappa shape index (κ1) is 14.3. The summed E-state index contributed by atoms with van der Waals surface area (Å²) in [6.07, 6.45) is 4.31. The average molecular weight is 303 g/mol. The molecule has 2 aromatic carbocycles. The fourth-order valence-corrected chi connectivity index (χ4v) is 3.83. The highest BCUT2D eigenvalue weighted by atomic mass is 16.1. The van der Waals surface area contributed by atoms with Gasteiger partial charge in [-0.25, -0.2) is 0 Å². The molecule has 0 heterocycles. The Balaban J connectivity index is 1.61. The minimum absolute atomic E-state index is 0.0428. The minimum atomic E-state index is 0.0428. The predicted octanol–water partition coefficient (Wildman–Crippen LogP) is 4.94. The number of hydrogen-bond donors (Lipinski definition) is 1. The van der Waals surface area contributed by atoms with Crippen LogP contribution >= 0.6 is 0 Å². The van der Waals surface area contributed by atoms with E-state index in [0.29, 0.717) is 6.42 Å². The van der Waals surface area contributed by atoms with E-state index >= 15 is 0 Å². The summed E-state index contributed by atoms with van der Waals surface area (Å²) >= 11 is 0. The summed E-state index contributed by atoms with van der Waals surface area (Å²) in [6.45, 7) is 4.30. The second-order valence-electron chi connectivity index (χ2n) is 7.48. The molecule has 2 heteroatoms. The lowest BCUT2D eigenvalue weighted by Gasteiger charge is -2.29. The van der Waals surface area contributed by atoms with Crippen molar-refractivity contribution in [1.82, 2.24) is 0 Å². The number of allylic oxidation sites excluding steroid dienone is 2. The normalized spacial score (nSPS) is 18.2. The molecule has 0 fully saturated rings. The maximum absolute atomic E-state index is 11.9. The van der Waals surface area contributed by atoms with Gasteiger partial charge in [-0.05, 0) is 52.6 Å². The van der Waals surface area contributed by atoms with E-state index in [9.17, 15) is 4.79 Å².